The van der Waals surface area contributed by atoms with Gasteiger partial charge in [0.2, 0.25) is 5.91 Å². The molecule has 0 spiro atoms. The van der Waals surface area contributed by atoms with Crippen molar-refractivity contribution in [3.05, 3.63) is 94.6 Å². The van der Waals surface area contributed by atoms with Crippen LogP contribution >= 0.6 is 0 Å². The molecule has 1 aromatic heterocycles. The summed E-state index contributed by atoms with van der Waals surface area (Å²) in [6.07, 6.45) is -2.42. The van der Waals surface area contributed by atoms with E-state index in [9.17, 15) is 27.2 Å². The second kappa shape index (κ2) is 8.41. The Labute approximate surface area is 180 Å². The highest BCUT2D eigenvalue weighted by molar-refractivity contribution is 5.98. The van der Waals surface area contributed by atoms with Gasteiger partial charge in [-0.15, -0.1) is 0 Å². The molecule has 0 fully saturated rings. The van der Waals surface area contributed by atoms with Crippen molar-refractivity contribution in [3.63, 3.8) is 0 Å². The molecule has 2 heterocycles. The van der Waals surface area contributed by atoms with Gasteiger partial charge in [-0.25, -0.2) is 4.39 Å². The molecule has 1 aliphatic rings. The number of aromatic nitrogens is 1. The van der Waals surface area contributed by atoms with Crippen LogP contribution in [0.4, 0.5) is 23.2 Å². The van der Waals surface area contributed by atoms with E-state index >= 15 is 0 Å². The number of pyridine rings is 1. The second-order valence-electron chi connectivity index (χ2n) is 7.32. The van der Waals surface area contributed by atoms with Crippen molar-refractivity contribution in [1.82, 2.24) is 10.3 Å². The highest BCUT2D eigenvalue weighted by Crippen LogP contribution is 2.31. The molecule has 0 saturated heterocycles. The van der Waals surface area contributed by atoms with Gasteiger partial charge in [-0.1, -0.05) is 12.1 Å². The summed E-state index contributed by atoms with van der Waals surface area (Å²) >= 11 is 0. The summed E-state index contributed by atoms with van der Waals surface area (Å²) in [5, 5.41) is 5.39. The molecule has 2 N–H and O–H groups in total. The van der Waals surface area contributed by atoms with Crippen molar-refractivity contribution in [3.8, 4) is 0 Å². The molecule has 2 aromatic carbocycles. The Kier molecular flexibility index (Phi) is 5.65. The van der Waals surface area contributed by atoms with Gasteiger partial charge in [0.05, 0.1) is 11.6 Å². The van der Waals surface area contributed by atoms with Crippen LogP contribution in [0.2, 0.25) is 0 Å². The second-order valence-corrected chi connectivity index (χ2v) is 7.32. The van der Waals surface area contributed by atoms with E-state index in [-0.39, 0.29) is 22.7 Å². The van der Waals surface area contributed by atoms with Gasteiger partial charge < -0.3 is 10.6 Å². The fraction of sp³-hybridized carbons (Fsp3) is 0.174. The van der Waals surface area contributed by atoms with Crippen LogP contribution in [0.5, 0.6) is 0 Å². The van der Waals surface area contributed by atoms with E-state index in [1.165, 1.54) is 30.5 Å². The standard InChI is InChI=1S/C23H17F4N3O2/c24-17-2-1-11-28-21(17)20(13-3-7-16(8-4-13)23(25,26)27)30-22(32)15-5-9-18-14(12-15)6-10-19(31)29-18/h1-5,7-9,11-12,20H,6,10H2,(H,29,31)(H,30,32). The minimum Gasteiger partial charge on any atom is -0.339 e. The topological polar surface area (TPSA) is 71.1 Å². The number of nitrogens with zero attached hydrogens (tertiary/aromatic N) is 1. The molecular weight excluding hydrogens is 426 g/mol. The molecule has 9 heteroatoms. The fourth-order valence-corrected chi connectivity index (χ4v) is 3.52. The predicted octanol–water partition coefficient (Wildman–Crippen LogP) is 4.64. The van der Waals surface area contributed by atoms with E-state index in [4.69, 9.17) is 0 Å². The largest absolute Gasteiger partial charge is 0.416 e. The smallest absolute Gasteiger partial charge is 0.339 e. The number of rotatable bonds is 4. The molecule has 0 radical (unpaired) electrons. The van der Waals surface area contributed by atoms with Crippen molar-refractivity contribution in [2.45, 2.75) is 25.1 Å². The van der Waals surface area contributed by atoms with E-state index in [0.29, 0.717) is 18.5 Å². The summed E-state index contributed by atoms with van der Waals surface area (Å²) in [7, 11) is 0. The Bertz CT molecular complexity index is 1180. The van der Waals surface area contributed by atoms with E-state index in [1.807, 2.05) is 0 Å². The summed E-state index contributed by atoms with van der Waals surface area (Å²) in [6.45, 7) is 0. The molecule has 32 heavy (non-hydrogen) atoms. The first kappa shape index (κ1) is 21.5. The monoisotopic (exact) mass is 443 g/mol. The first-order valence-corrected chi connectivity index (χ1v) is 9.73. The third-order valence-corrected chi connectivity index (χ3v) is 5.17. The van der Waals surface area contributed by atoms with Crippen LogP contribution in [0.3, 0.4) is 0 Å². The number of hydrogen-bond acceptors (Lipinski definition) is 3. The van der Waals surface area contributed by atoms with Crippen molar-refractivity contribution in [2.24, 2.45) is 0 Å². The van der Waals surface area contributed by atoms with Crippen LogP contribution in [0.1, 0.15) is 45.2 Å². The number of carbonyl (C=O) groups is 2. The van der Waals surface area contributed by atoms with Crippen LogP contribution < -0.4 is 10.6 Å². The molecule has 3 aromatic rings. The number of anilines is 1. The van der Waals surface area contributed by atoms with Crippen molar-refractivity contribution < 1.29 is 27.2 Å². The van der Waals surface area contributed by atoms with E-state index < -0.39 is 29.5 Å². The average molecular weight is 443 g/mol. The quantitative estimate of drug-likeness (QED) is 0.577. The predicted molar refractivity (Wildman–Crippen MR) is 108 cm³/mol. The lowest BCUT2D eigenvalue weighted by molar-refractivity contribution is -0.137. The minimum absolute atomic E-state index is 0.109. The maximum Gasteiger partial charge on any atom is 0.416 e. The summed E-state index contributed by atoms with van der Waals surface area (Å²) < 4.78 is 53.3. The van der Waals surface area contributed by atoms with E-state index in [1.54, 1.807) is 12.1 Å². The molecule has 0 aliphatic carbocycles. The Morgan fingerprint density at radius 3 is 2.50 bits per heavy atom. The van der Waals surface area contributed by atoms with Crippen LogP contribution in [-0.2, 0) is 17.4 Å². The fourth-order valence-electron chi connectivity index (χ4n) is 3.52. The number of carbonyl (C=O) groups excluding carboxylic acids is 2. The normalized spacial score (nSPS) is 14.3. The summed E-state index contributed by atoms with van der Waals surface area (Å²) in [5.74, 6) is -1.37. The van der Waals surface area contributed by atoms with Gasteiger partial charge in [-0.2, -0.15) is 13.2 Å². The molecule has 5 nitrogen and oxygen atoms in total. The van der Waals surface area contributed by atoms with Gasteiger partial charge in [-0.05, 0) is 60.0 Å². The molecule has 4 rings (SSSR count). The van der Waals surface area contributed by atoms with Crippen LogP contribution in [0.15, 0.2) is 60.8 Å². The maximum absolute atomic E-state index is 14.5. The van der Waals surface area contributed by atoms with Crippen molar-refractivity contribution in [1.29, 1.82) is 0 Å². The number of halogens is 4. The zero-order valence-corrected chi connectivity index (χ0v) is 16.5. The van der Waals surface area contributed by atoms with Crippen molar-refractivity contribution in [2.75, 3.05) is 5.32 Å². The lowest BCUT2D eigenvalue weighted by Crippen LogP contribution is -2.31. The molecule has 1 unspecified atom stereocenters. The lowest BCUT2D eigenvalue weighted by Gasteiger charge is -2.21. The van der Waals surface area contributed by atoms with Crippen LogP contribution in [0.25, 0.3) is 0 Å². The Balaban J connectivity index is 1.66. The van der Waals surface area contributed by atoms with Crippen molar-refractivity contribution >= 4 is 17.5 Å². The molecule has 1 aliphatic heterocycles. The first-order valence-electron chi connectivity index (χ1n) is 9.73. The number of nitrogens with one attached hydrogen (secondary N) is 2. The number of aryl methyl sites for hydroxylation is 1. The van der Waals surface area contributed by atoms with Crippen LogP contribution in [-0.4, -0.2) is 16.8 Å². The third kappa shape index (κ3) is 4.46. The van der Waals surface area contributed by atoms with E-state index in [0.717, 1.165) is 23.8 Å². The molecule has 0 saturated carbocycles. The highest BCUT2D eigenvalue weighted by Gasteiger charge is 2.31. The van der Waals surface area contributed by atoms with Gasteiger partial charge in [0, 0.05) is 23.9 Å². The van der Waals surface area contributed by atoms with Gasteiger partial charge in [0.15, 0.2) is 0 Å². The van der Waals surface area contributed by atoms with Crippen LogP contribution in [0, 0.1) is 5.82 Å². The molecule has 0 bridgehead atoms. The van der Waals surface area contributed by atoms with E-state index in [2.05, 4.69) is 15.6 Å². The van der Waals surface area contributed by atoms with Gasteiger partial charge in [-0.3, -0.25) is 14.6 Å². The number of hydrogen-bond donors (Lipinski definition) is 2. The Morgan fingerprint density at radius 1 is 1.06 bits per heavy atom. The summed E-state index contributed by atoms with van der Waals surface area (Å²) in [6, 6.07) is 10.3. The van der Waals surface area contributed by atoms with Gasteiger partial charge in [0.25, 0.3) is 5.91 Å². The number of amides is 2. The summed E-state index contributed by atoms with van der Waals surface area (Å²) in [4.78, 5) is 28.5. The average Bonchev–Trinajstić information content (AvgIpc) is 2.77. The molecule has 1 atom stereocenters. The number of fused-ring (bicyclic) bond motifs is 1. The Morgan fingerprint density at radius 2 is 1.81 bits per heavy atom. The zero-order chi connectivity index (χ0) is 22.9. The third-order valence-electron chi connectivity index (χ3n) is 5.17. The first-order chi connectivity index (χ1) is 15.2. The number of alkyl halides is 3. The molecule has 2 amide bonds. The van der Waals surface area contributed by atoms with Gasteiger partial charge >= 0.3 is 6.18 Å². The molecular formula is C23H17F4N3O2. The highest BCUT2D eigenvalue weighted by atomic mass is 19.4. The molecule has 164 valence electrons. The zero-order valence-electron chi connectivity index (χ0n) is 16.5. The Hall–Kier alpha value is -3.75. The lowest BCUT2D eigenvalue weighted by atomic mass is 9.98. The number of benzene rings is 2. The minimum atomic E-state index is -4.52. The maximum atomic E-state index is 14.5. The SMILES string of the molecule is O=C1CCc2cc(C(=O)NC(c3ccc(C(F)(F)F)cc3)c3ncccc3F)ccc2N1. The van der Waals surface area contributed by atoms with Gasteiger partial charge in [0.1, 0.15) is 11.5 Å². The summed E-state index contributed by atoms with van der Waals surface area (Å²) in [5.41, 5.74) is 0.943.